The van der Waals surface area contributed by atoms with Crippen LogP contribution >= 0.6 is 0 Å². The second kappa shape index (κ2) is 29.2. The van der Waals surface area contributed by atoms with Gasteiger partial charge in [0, 0.05) is 37.2 Å². The molecule has 4 nitrogen and oxygen atoms in total. The van der Waals surface area contributed by atoms with E-state index in [0.717, 1.165) is 5.56 Å². The third-order valence-corrected chi connectivity index (χ3v) is 2.35. The van der Waals surface area contributed by atoms with Crippen LogP contribution in [0, 0.1) is 20.8 Å². The first kappa shape index (κ1) is 33.0. The fourth-order valence-electron chi connectivity index (χ4n) is 1.25. The summed E-state index contributed by atoms with van der Waals surface area (Å²) in [7, 11) is 0. The van der Waals surface area contributed by atoms with Gasteiger partial charge in [-0.25, -0.2) is 9.97 Å². The lowest BCUT2D eigenvalue weighted by Gasteiger charge is -1.82. The minimum absolute atomic E-state index is 0. The van der Waals surface area contributed by atoms with E-state index in [1.165, 1.54) is 17.5 Å². The molecule has 3 rings (SSSR count). The zero-order valence-corrected chi connectivity index (χ0v) is 18.6. The van der Waals surface area contributed by atoms with Crippen LogP contribution in [0.5, 0.6) is 0 Å². The maximum Gasteiger partial charge on any atom is 0.115 e. The molecule has 3 heterocycles. The maximum atomic E-state index is 3.88. The lowest BCUT2D eigenvalue weighted by atomic mass is 10.3. The summed E-state index contributed by atoms with van der Waals surface area (Å²) >= 11 is 0. The van der Waals surface area contributed by atoms with Crippen molar-refractivity contribution in [1.29, 1.82) is 0 Å². The van der Waals surface area contributed by atoms with E-state index in [0.29, 0.717) is 0 Å². The highest BCUT2D eigenvalue weighted by atomic mass is 14.8. The maximum absolute atomic E-state index is 3.88. The van der Waals surface area contributed by atoms with Gasteiger partial charge in [0.1, 0.15) is 6.33 Å². The number of hydrogen-bond acceptors (Lipinski definition) is 4. The molecule has 158 valence electrons. The van der Waals surface area contributed by atoms with E-state index >= 15 is 0 Å². The Morgan fingerprint density at radius 2 is 0.964 bits per heavy atom. The smallest absolute Gasteiger partial charge is 0.115 e. The van der Waals surface area contributed by atoms with Crippen LogP contribution in [0.3, 0.4) is 0 Å². The number of aryl methyl sites for hydroxylation is 3. The Hall–Kier alpha value is -2.62. The summed E-state index contributed by atoms with van der Waals surface area (Å²) in [6.07, 6.45) is 12.2. The molecule has 0 spiro atoms. The Morgan fingerprint density at radius 1 is 0.500 bits per heavy atom. The summed E-state index contributed by atoms with van der Waals surface area (Å²) in [5, 5.41) is 0. The van der Waals surface area contributed by atoms with Gasteiger partial charge in [-0.15, -0.1) is 0 Å². The summed E-state index contributed by atoms with van der Waals surface area (Å²) in [5.74, 6) is 0. The summed E-state index contributed by atoms with van der Waals surface area (Å²) in [6, 6.07) is 7.89. The van der Waals surface area contributed by atoms with Crippen molar-refractivity contribution < 1.29 is 0 Å². The summed E-state index contributed by atoms with van der Waals surface area (Å²) in [6.45, 7) is 18.0. The molecule has 0 atom stereocenters. The minimum atomic E-state index is 0. The van der Waals surface area contributed by atoms with Crippen LogP contribution in [-0.2, 0) is 0 Å². The molecule has 0 aromatic carbocycles. The molecule has 0 radical (unpaired) electrons. The Bertz CT molecular complexity index is 496. The van der Waals surface area contributed by atoms with E-state index in [2.05, 4.69) is 19.9 Å². The van der Waals surface area contributed by atoms with Gasteiger partial charge in [-0.05, 0) is 55.7 Å². The summed E-state index contributed by atoms with van der Waals surface area (Å²) in [4.78, 5) is 15.3. The number of pyridine rings is 2. The zero-order chi connectivity index (χ0) is 21.3. The van der Waals surface area contributed by atoms with Crippen LogP contribution in [0.1, 0.15) is 65.7 Å². The van der Waals surface area contributed by atoms with E-state index < -0.39 is 0 Å². The van der Waals surface area contributed by atoms with Crippen LogP contribution in [0.15, 0.2) is 67.8 Å². The molecule has 0 aliphatic rings. The van der Waals surface area contributed by atoms with Crippen molar-refractivity contribution in [2.45, 2.75) is 69.7 Å². The van der Waals surface area contributed by atoms with Gasteiger partial charge in [-0.3, -0.25) is 9.97 Å². The average Bonchev–Trinajstić information content (AvgIpc) is 2.75. The quantitative estimate of drug-likeness (QED) is 0.407. The molecule has 0 saturated carbocycles. The fourth-order valence-corrected chi connectivity index (χ4v) is 1.25. The second-order valence-corrected chi connectivity index (χ2v) is 4.47. The number of hydrogen-bond donors (Lipinski definition) is 0. The van der Waals surface area contributed by atoms with E-state index in [4.69, 9.17) is 0 Å². The topological polar surface area (TPSA) is 51.6 Å². The van der Waals surface area contributed by atoms with E-state index in [9.17, 15) is 0 Å². The van der Waals surface area contributed by atoms with Gasteiger partial charge in [0.05, 0.1) is 0 Å². The molecule has 0 bridgehead atoms. The Labute approximate surface area is 174 Å². The lowest BCUT2D eigenvalue weighted by molar-refractivity contribution is 1.13. The van der Waals surface area contributed by atoms with Crippen LogP contribution in [0.2, 0.25) is 0 Å². The van der Waals surface area contributed by atoms with Gasteiger partial charge >= 0.3 is 0 Å². The first-order valence-electron chi connectivity index (χ1n) is 9.63. The van der Waals surface area contributed by atoms with Crippen LogP contribution in [0.25, 0.3) is 0 Å². The van der Waals surface area contributed by atoms with Crippen molar-refractivity contribution in [3.05, 3.63) is 84.5 Å². The Balaban J connectivity index is -0.000000134. The van der Waals surface area contributed by atoms with Crippen molar-refractivity contribution in [1.82, 2.24) is 19.9 Å². The van der Waals surface area contributed by atoms with Gasteiger partial charge in [0.2, 0.25) is 0 Å². The largest absolute Gasteiger partial charge is 0.265 e. The normalized spacial score (nSPS) is 7.18. The van der Waals surface area contributed by atoms with E-state index in [1.54, 1.807) is 31.0 Å². The van der Waals surface area contributed by atoms with Crippen LogP contribution < -0.4 is 0 Å². The summed E-state index contributed by atoms with van der Waals surface area (Å²) in [5.41, 5.74) is 3.57. The Kier molecular flexibility index (Phi) is 34.4. The van der Waals surface area contributed by atoms with Crippen LogP contribution in [-0.4, -0.2) is 19.9 Å². The zero-order valence-electron chi connectivity index (χ0n) is 18.6. The third-order valence-electron chi connectivity index (χ3n) is 2.35. The molecule has 0 unspecified atom stereocenters. The van der Waals surface area contributed by atoms with Crippen molar-refractivity contribution in [2.75, 3.05) is 0 Å². The highest BCUT2D eigenvalue weighted by Gasteiger charge is 1.75. The number of nitrogens with zero attached hydrogens (tertiary/aromatic N) is 4. The van der Waals surface area contributed by atoms with Crippen LogP contribution in [0.4, 0.5) is 0 Å². The van der Waals surface area contributed by atoms with Gasteiger partial charge in [0.15, 0.2) is 0 Å². The lowest BCUT2D eigenvalue weighted by Crippen LogP contribution is -1.75. The molecule has 0 aliphatic heterocycles. The van der Waals surface area contributed by atoms with Gasteiger partial charge < -0.3 is 0 Å². The summed E-state index contributed by atoms with van der Waals surface area (Å²) < 4.78 is 0. The molecule has 0 N–H and O–H groups in total. The Morgan fingerprint density at radius 3 is 1.18 bits per heavy atom. The first-order chi connectivity index (χ1) is 13.2. The van der Waals surface area contributed by atoms with E-state index in [-0.39, 0.29) is 7.43 Å². The monoisotopic (exact) mass is 386 g/mol. The molecule has 28 heavy (non-hydrogen) atoms. The van der Waals surface area contributed by atoms with Gasteiger partial charge in [-0.2, -0.15) is 0 Å². The molecular formula is C24H42N4. The van der Waals surface area contributed by atoms with Gasteiger partial charge in [-0.1, -0.05) is 55.0 Å². The second-order valence-electron chi connectivity index (χ2n) is 4.47. The highest BCUT2D eigenvalue weighted by Crippen LogP contribution is 1.89. The fraction of sp³-hybridized carbons (Fsp3) is 0.417. The van der Waals surface area contributed by atoms with Crippen molar-refractivity contribution >= 4 is 0 Å². The molecule has 0 amide bonds. The SMILES string of the molecule is C.CC.CC.CC.Cc1cccnc1.Cc1ccncc1.Cc1cncnc1. The minimum Gasteiger partial charge on any atom is -0.265 e. The molecular weight excluding hydrogens is 344 g/mol. The third kappa shape index (κ3) is 25.6. The van der Waals surface area contributed by atoms with Crippen molar-refractivity contribution in [2.24, 2.45) is 0 Å². The predicted molar refractivity (Wildman–Crippen MR) is 125 cm³/mol. The molecule has 0 aliphatic carbocycles. The highest BCUT2D eigenvalue weighted by molar-refractivity contribution is 5.05. The molecule has 0 saturated heterocycles. The van der Waals surface area contributed by atoms with Gasteiger partial charge in [0.25, 0.3) is 0 Å². The molecule has 3 aromatic rings. The standard InChI is InChI=1S/2C6H7N.C5H6N2.3C2H6.CH4/c1-6-2-4-7-5-3-6;1-6-3-2-4-7-5-6;1-5-2-6-4-7-3-5;3*1-2;/h2*2-5H,1H3;2-4H,1H3;3*1-2H3;1H4. The molecule has 4 heteroatoms. The first-order valence-corrected chi connectivity index (χ1v) is 9.63. The predicted octanol–water partition coefficient (Wildman–Crippen LogP) is 7.28. The number of aromatic nitrogens is 4. The van der Waals surface area contributed by atoms with Crippen molar-refractivity contribution in [3.8, 4) is 0 Å². The number of rotatable bonds is 0. The van der Waals surface area contributed by atoms with E-state index in [1.807, 2.05) is 92.8 Å². The molecule has 0 fully saturated rings. The van der Waals surface area contributed by atoms with Crippen molar-refractivity contribution in [3.63, 3.8) is 0 Å². The molecule has 3 aromatic heterocycles. The average molecular weight is 387 g/mol.